The highest BCUT2D eigenvalue weighted by molar-refractivity contribution is 6.22. The SMILES string of the molecule is C1=CCCC(N(c2ccc3cc4c(cc3c2)oc2c4ccc3c4cc5ccc(N(c6ccccc6)c6cccc7c6oc6ccccc67)cc5cc4oc32)c2cccc3c2oc2ccccc23)=C1. The van der Waals surface area contributed by atoms with Crippen LogP contribution in [0.25, 0.3) is 109 Å². The summed E-state index contributed by atoms with van der Waals surface area (Å²) >= 11 is 0. The van der Waals surface area contributed by atoms with Crippen LogP contribution in [0.1, 0.15) is 12.8 Å². The monoisotopic (exact) mass is 874 g/mol. The molecule has 0 amide bonds. The van der Waals surface area contributed by atoms with Crippen molar-refractivity contribution in [3.8, 4) is 0 Å². The maximum absolute atomic E-state index is 6.84. The van der Waals surface area contributed by atoms with Crippen molar-refractivity contribution >= 4 is 138 Å². The van der Waals surface area contributed by atoms with Crippen LogP contribution in [0.2, 0.25) is 0 Å². The summed E-state index contributed by atoms with van der Waals surface area (Å²) in [7, 11) is 0. The Kier molecular flexibility index (Phi) is 7.80. The van der Waals surface area contributed by atoms with Crippen LogP contribution in [-0.4, -0.2) is 0 Å². The lowest BCUT2D eigenvalue weighted by Crippen LogP contribution is -2.17. The van der Waals surface area contributed by atoms with E-state index in [2.05, 4.69) is 186 Å². The van der Waals surface area contributed by atoms with Crippen LogP contribution < -0.4 is 9.80 Å². The van der Waals surface area contributed by atoms with Gasteiger partial charge in [-0.3, -0.25) is 0 Å². The van der Waals surface area contributed by atoms with Crippen LogP contribution in [0.3, 0.4) is 0 Å². The Bertz CT molecular complexity index is 4470. The number of benzene rings is 10. The average molecular weight is 875 g/mol. The Hall–Kier alpha value is -9.00. The molecule has 10 aromatic carbocycles. The number of nitrogens with zero attached hydrogens (tertiary/aromatic N) is 2. The Morgan fingerprint density at radius 1 is 0.324 bits per heavy atom. The van der Waals surface area contributed by atoms with Gasteiger partial charge in [0.1, 0.15) is 22.3 Å². The Labute approximate surface area is 388 Å². The standard InChI is InChI=1S/C62H38N2O4/c1-3-13-41(14-4-1)63(53-21-11-19-47-45-17-7-9-23-55(45)65-59(47)53)43-27-25-37-33-51-49-29-30-50-52-34-38-26-28-44(32-40(38)36-58(52)68-62(50)61(49)67-57(51)35-39(37)31-43)64(42-15-5-2-6-16-42)54-22-12-20-48-46-18-8-10-24-56(46)66-60(48)54/h1-5,7-15,17-36H,6,16H2. The minimum Gasteiger partial charge on any atom is -0.454 e. The quantitative estimate of drug-likeness (QED) is 0.166. The second kappa shape index (κ2) is 14.2. The second-order valence-electron chi connectivity index (χ2n) is 17.9. The van der Waals surface area contributed by atoms with Crippen LogP contribution in [0, 0.1) is 0 Å². The zero-order valence-electron chi connectivity index (χ0n) is 36.6. The van der Waals surface area contributed by atoms with Gasteiger partial charge in [0.2, 0.25) is 0 Å². The van der Waals surface area contributed by atoms with Gasteiger partial charge in [0, 0.05) is 65.8 Å². The molecule has 0 bridgehead atoms. The number of furan rings is 4. The lowest BCUT2D eigenvalue weighted by Gasteiger charge is -2.29. The number of allylic oxidation sites excluding steroid dienone is 4. The normalized spacial score (nSPS) is 13.2. The van der Waals surface area contributed by atoms with Crippen LogP contribution in [-0.2, 0) is 0 Å². The first-order valence-electron chi connectivity index (χ1n) is 23.2. The number of hydrogen-bond donors (Lipinski definition) is 0. The van der Waals surface area contributed by atoms with Gasteiger partial charge in [0.25, 0.3) is 0 Å². The lowest BCUT2D eigenvalue weighted by molar-refractivity contribution is 0.634. The molecule has 1 aliphatic carbocycles. The molecule has 4 heterocycles. The average Bonchev–Trinajstić information content (AvgIpc) is 4.16. The third kappa shape index (κ3) is 5.52. The molecule has 4 aromatic heterocycles. The highest BCUT2D eigenvalue weighted by Crippen LogP contribution is 2.46. The van der Waals surface area contributed by atoms with Crippen molar-refractivity contribution in [1.82, 2.24) is 0 Å². The molecule has 6 heteroatoms. The van der Waals surface area contributed by atoms with Gasteiger partial charge in [-0.05, 0) is 138 Å². The topological polar surface area (TPSA) is 59.0 Å². The van der Waals surface area contributed by atoms with Crippen LogP contribution >= 0.6 is 0 Å². The molecule has 0 saturated heterocycles. The van der Waals surface area contributed by atoms with E-state index in [1.165, 1.54) is 5.70 Å². The van der Waals surface area contributed by atoms with E-state index in [1.54, 1.807) is 0 Å². The van der Waals surface area contributed by atoms with Crippen LogP contribution in [0.5, 0.6) is 0 Å². The molecule has 68 heavy (non-hydrogen) atoms. The van der Waals surface area contributed by atoms with Gasteiger partial charge in [0.05, 0.1) is 11.4 Å². The molecule has 0 spiro atoms. The van der Waals surface area contributed by atoms with Gasteiger partial charge in [-0.2, -0.15) is 0 Å². The maximum atomic E-state index is 6.84. The molecule has 0 unspecified atom stereocenters. The van der Waals surface area contributed by atoms with E-state index in [0.29, 0.717) is 0 Å². The molecule has 6 nitrogen and oxygen atoms in total. The first-order valence-corrected chi connectivity index (χ1v) is 23.2. The molecule has 0 atom stereocenters. The number of hydrogen-bond acceptors (Lipinski definition) is 6. The second-order valence-corrected chi connectivity index (χ2v) is 17.9. The summed E-state index contributed by atoms with van der Waals surface area (Å²) in [6, 6.07) is 66.4. The summed E-state index contributed by atoms with van der Waals surface area (Å²) in [5.41, 5.74) is 13.0. The molecule has 320 valence electrons. The molecule has 0 fully saturated rings. The maximum Gasteiger partial charge on any atom is 0.178 e. The molecule has 1 aliphatic rings. The minimum atomic E-state index is 0.749. The fourth-order valence-electron chi connectivity index (χ4n) is 10.9. The summed E-state index contributed by atoms with van der Waals surface area (Å²) in [4.78, 5) is 4.64. The molecule has 0 radical (unpaired) electrons. The van der Waals surface area contributed by atoms with Crippen molar-refractivity contribution in [2.75, 3.05) is 9.80 Å². The predicted molar refractivity (Wildman–Crippen MR) is 280 cm³/mol. The first-order chi connectivity index (χ1) is 33.7. The summed E-state index contributed by atoms with van der Waals surface area (Å²) in [5.74, 6) is 0. The number of para-hydroxylation sites is 5. The van der Waals surface area contributed by atoms with E-state index in [1.807, 2.05) is 30.3 Å². The van der Waals surface area contributed by atoms with E-state index in [0.717, 1.165) is 151 Å². The number of anilines is 5. The predicted octanol–water partition coefficient (Wildman–Crippen LogP) is 18.4. The highest BCUT2D eigenvalue weighted by Gasteiger charge is 2.24. The molecule has 0 N–H and O–H groups in total. The van der Waals surface area contributed by atoms with Gasteiger partial charge in [-0.25, -0.2) is 0 Å². The Morgan fingerprint density at radius 3 is 1.40 bits per heavy atom. The minimum absolute atomic E-state index is 0.749. The zero-order valence-corrected chi connectivity index (χ0v) is 36.6. The highest BCUT2D eigenvalue weighted by atomic mass is 16.4. The third-order valence-corrected chi connectivity index (χ3v) is 14.0. The first kappa shape index (κ1) is 37.2. The Balaban J connectivity index is 0.854. The van der Waals surface area contributed by atoms with Gasteiger partial charge in [0.15, 0.2) is 22.3 Å². The van der Waals surface area contributed by atoms with Crippen LogP contribution in [0.15, 0.2) is 230 Å². The van der Waals surface area contributed by atoms with Crippen molar-refractivity contribution in [2.24, 2.45) is 0 Å². The van der Waals surface area contributed by atoms with Crippen molar-refractivity contribution in [1.29, 1.82) is 0 Å². The summed E-state index contributed by atoms with van der Waals surface area (Å²) in [5, 5.41) is 13.0. The number of fused-ring (bicyclic) bond motifs is 15. The van der Waals surface area contributed by atoms with Crippen molar-refractivity contribution in [3.05, 3.63) is 212 Å². The summed E-state index contributed by atoms with van der Waals surface area (Å²) in [6.45, 7) is 0. The van der Waals surface area contributed by atoms with E-state index in [4.69, 9.17) is 17.7 Å². The third-order valence-electron chi connectivity index (χ3n) is 14.0. The van der Waals surface area contributed by atoms with E-state index >= 15 is 0 Å². The molecule has 0 saturated carbocycles. The van der Waals surface area contributed by atoms with Gasteiger partial charge >= 0.3 is 0 Å². The lowest BCUT2D eigenvalue weighted by atomic mass is 10.0. The molecule has 0 aliphatic heterocycles. The molecular weight excluding hydrogens is 837 g/mol. The Morgan fingerprint density at radius 2 is 0.824 bits per heavy atom. The largest absolute Gasteiger partial charge is 0.454 e. The van der Waals surface area contributed by atoms with Gasteiger partial charge in [-0.1, -0.05) is 103 Å². The van der Waals surface area contributed by atoms with Crippen molar-refractivity contribution < 1.29 is 17.7 Å². The molecule has 15 rings (SSSR count). The fourth-order valence-corrected chi connectivity index (χ4v) is 10.9. The van der Waals surface area contributed by atoms with Gasteiger partial charge in [-0.15, -0.1) is 0 Å². The van der Waals surface area contributed by atoms with Crippen molar-refractivity contribution in [3.63, 3.8) is 0 Å². The number of rotatable bonds is 6. The van der Waals surface area contributed by atoms with E-state index in [-0.39, 0.29) is 0 Å². The molecular formula is C62H38N2O4. The molecule has 14 aromatic rings. The fraction of sp³-hybridized carbons (Fsp3) is 0.0323. The van der Waals surface area contributed by atoms with Gasteiger partial charge < -0.3 is 27.5 Å². The van der Waals surface area contributed by atoms with Crippen LogP contribution in [0.4, 0.5) is 28.4 Å². The smallest absolute Gasteiger partial charge is 0.178 e. The summed E-state index contributed by atoms with van der Waals surface area (Å²) in [6.07, 6.45) is 8.51. The van der Waals surface area contributed by atoms with E-state index < -0.39 is 0 Å². The zero-order chi connectivity index (χ0) is 44.5. The summed E-state index contributed by atoms with van der Waals surface area (Å²) < 4.78 is 26.8. The van der Waals surface area contributed by atoms with Crippen molar-refractivity contribution in [2.45, 2.75) is 12.8 Å². The van der Waals surface area contributed by atoms with E-state index in [9.17, 15) is 0 Å².